The van der Waals surface area contributed by atoms with E-state index >= 15 is 0 Å². The topological polar surface area (TPSA) is 52.6 Å². The molecule has 24 heavy (non-hydrogen) atoms. The number of carbonyl (C=O) groups excluding carboxylic acids is 2. The third-order valence-electron chi connectivity index (χ3n) is 3.73. The maximum Gasteiger partial charge on any atom is 0.306 e. The lowest BCUT2D eigenvalue weighted by Crippen LogP contribution is -2.11. The summed E-state index contributed by atoms with van der Waals surface area (Å²) in [5.41, 5.74) is 0. The van der Waals surface area contributed by atoms with Gasteiger partial charge in [-0.05, 0) is 25.7 Å². The van der Waals surface area contributed by atoms with Crippen LogP contribution in [0.5, 0.6) is 0 Å². The van der Waals surface area contributed by atoms with E-state index in [2.05, 4.69) is 59.0 Å². The number of hydrogen-bond acceptors (Lipinski definition) is 4. The van der Waals surface area contributed by atoms with Crippen LogP contribution in [-0.2, 0) is 19.1 Å². The van der Waals surface area contributed by atoms with Crippen molar-refractivity contribution in [1.29, 1.82) is 0 Å². The van der Waals surface area contributed by atoms with Crippen LogP contribution in [-0.4, -0.2) is 33.0 Å². The molecule has 0 rings (SSSR count). The van der Waals surface area contributed by atoms with E-state index in [1.165, 1.54) is 0 Å². The van der Waals surface area contributed by atoms with Gasteiger partial charge >= 0.3 is 11.9 Å². The molecule has 0 bridgehead atoms. The predicted molar refractivity (Wildman–Crippen MR) is 115 cm³/mol. The van der Waals surface area contributed by atoms with Crippen LogP contribution >= 0.6 is 45.2 Å². The highest BCUT2D eigenvalue weighted by molar-refractivity contribution is 14.1. The molecule has 0 fully saturated rings. The summed E-state index contributed by atoms with van der Waals surface area (Å²) in [4.78, 5) is 23.0. The monoisotopic (exact) mass is 566 g/mol. The molecule has 0 aromatic heterocycles. The Hall–Kier alpha value is 0.400. The van der Waals surface area contributed by atoms with E-state index in [-0.39, 0.29) is 11.9 Å². The SMILES string of the molecule is CCC(I)CC(=O)OCCCCCCCCOC(=O)CC(I)CC. The minimum atomic E-state index is -0.0742. The summed E-state index contributed by atoms with van der Waals surface area (Å²) in [5, 5.41) is 0. The molecule has 0 heterocycles. The van der Waals surface area contributed by atoms with Gasteiger partial charge in [0.1, 0.15) is 0 Å². The molecule has 0 aromatic rings. The average Bonchev–Trinajstić information content (AvgIpc) is 2.56. The smallest absolute Gasteiger partial charge is 0.306 e. The molecule has 6 heteroatoms. The fourth-order valence-electron chi connectivity index (χ4n) is 2.05. The van der Waals surface area contributed by atoms with E-state index < -0.39 is 0 Å². The van der Waals surface area contributed by atoms with Crippen molar-refractivity contribution in [1.82, 2.24) is 0 Å². The number of alkyl halides is 2. The van der Waals surface area contributed by atoms with Gasteiger partial charge in [0.05, 0.1) is 26.1 Å². The quantitative estimate of drug-likeness (QED) is 0.112. The highest BCUT2D eigenvalue weighted by Gasteiger charge is 2.10. The Morgan fingerprint density at radius 3 is 1.38 bits per heavy atom. The predicted octanol–water partition coefficient (Wildman–Crippen LogP) is 5.62. The van der Waals surface area contributed by atoms with Gasteiger partial charge in [0, 0.05) is 7.85 Å². The molecule has 2 atom stereocenters. The number of carbonyl (C=O) groups is 2. The van der Waals surface area contributed by atoms with Crippen LogP contribution in [0.4, 0.5) is 0 Å². The summed E-state index contributed by atoms with van der Waals surface area (Å²) in [6, 6.07) is 0. The molecule has 0 aliphatic rings. The van der Waals surface area contributed by atoms with E-state index in [9.17, 15) is 9.59 Å². The van der Waals surface area contributed by atoms with Crippen LogP contribution in [0.3, 0.4) is 0 Å². The third-order valence-corrected chi connectivity index (χ3v) is 6.37. The molecule has 0 N–H and O–H groups in total. The minimum Gasteiger partial charge on any atom is -0.466 e. The van der Waals surface area contributed by atoms with Crippen molar-refractivity contribution in [2.75, 3.05) is 13.2 Å². The molecule has 0 saturated heterocycles. The zero-order chi connectivity index (χ0) is 18.2. The maximum absolute atomic E-state index is 11.5. The van der Waals surface area contributed by atoms with Gasteiger partial charge in [-0.2, -0.15) is 0 Å². The van der Waals surface area contributed by atoms with Crippen molar-refractivity contribution < 1.29 is 19.1 Å². The van der Waals surface area contributed by atoms with Gasteiger partial charge in [-0.25, -0.2) is 0 Å². The number of halogens is 2. The lowest BCUT2D eigenvalue weighted by molar-refractivity contribution is -0.144. The number of unbranched alkanes of at least 4 members (excludes halogenated alkanes) is 5. The van der Waals surface area contributed by atoms with Gasteiger partial charge in [0.15, 0.2) is 0 Å². The summed E-state index contributed by atoms with van der Waals surface area (Å²) in [6.45, 7) is 5.24. The van der Waals surface area contributed by atoms with E-state index in [1.807, 2.05) is 0 Å². The summed E-state index contributed by atoms with van der Waals surface area (Å²) >= 11 is 4.58. The minimum absolute atomic E-state index is 0.0742. The van der Waals surface area contributed by atoms with Gasteiger partial charge in [-0.15, -0.1) is 0 Å². The van der Waals surface area contributed by atoms with Crippen molar-refractivity contribution in [3.05, 3.63) is 0 Å². The van der Waals surface area contributed by atoms with Crippen LogP contribution in [0, 0.1) is 0 Å². The lowest BCUT2D eigenvalue weighted by atomic mass is 10.1. The number of ether oxygens (including phenoxy) is 2. The Bertz CT molecular complexity index is 305. The second-order valence-corrected chi connectivity index (χ2v) is 9.50. The molecule has 142 valence electrons. The van der Waals surface area contributed by atoms with Gasteiger partial charge in [-0.3, -0.25) is 9.59 Å². The molecule has 0 aliphatic heterocycles. The first-order valence-electron chi connectivity index (χ1n) is 9.08. The normalized spacial score (nSPS) is 13.3. The first-order chi connectivity index (χ1) is 11.5. The maximum atomic E-state index is 11.5. The van der Waals surface area contributed by atoms with E-state index in [1.54, 1.807) is 0 Å². The second-order valence-electron chi connectivity index (χ2n) is 5.98. The van der Waals surface area contributed by atoms with Crippen LogP contribution in [0.15, 0.2) is 0 Å². The molecule has 4 nitrogen and oxygen atoms in total. The number of rotatable bonds is 15. The van der Waals surface area contributed by atoms with Crippen LogP contribution in [0.25, 0.3) is 0 Å². The molecule has 0 spiro atoms. The van der Waals surface area contributed by atoms with Crippen molar-refractivity contribution in [3.63, 3.8) is 0 Å². The Morgan fingerprint density at radius 2 is 1.04 bits per heavy atom. The van der Waals surface area contributed by atoms with Crippen molar-refractivity contribution >= 4 is 57.1 Å². The number of hydrogen-bond donors (Lipinski definition) is 0. The zero-order valence-electron chi connectivity index (χ0n) is 15.0. The third kappa shape index (κ3) is 15.9. The zero-order valence-corrected chi connectivity index (χ0v) is 19.3. The van der Waals surface area contributed by atoms with Gasteiger partial charge in [-0.1, -0.05) is 84.7 Å². The first-order valence-corrected chi connectivity index (χ1v) is 11.6. The standard InChI is InChI=1S/C18H32I2O4/c1-3-15(19)13-17(21)23-11-9-7-5-6-8-10-12-24-18(22)14-16(20)4-2/h15-16H,3-14H2,1-2H3. The van der Waals surface area contributed by atoms with Crippen molar-refractivity contribution in [2.45, 2.75) is 85.9 Å². The summed E-state index contributed by atoms with van der Waals surface area (Å²) in [5.74, 6) is -0.148. The molecule has 0 radical (unpaired) electrons. The fourth-order valence-corrected chi connectivity index (χ4v) is 2.77. The Kier molecular flexibility index (Phi) is 17.1. The lowest BCUT2D eigenvalue weighted by Gasteiger charge is -2.08. The molecule has 0 amide bonds. The van der Waals surface area contributed by atoms with Crippen LogP contribution in [0.1, 0.15) is 78.1 Å². The fraction of sp³-hybridized carbons (Fsp3) is 0.889. The van der Waals surface area contributed by atoms with Crippen molar-refractivity contribution in [3.8, 4) is 0 Å². The van der Waals surface area contributed by atoms with E-state index in [0.29, 0.717) is 33.9 Å². The summed E-state index contributed by atoms with van der Waals surface area (Å²) < 4.78 is 11.2. The van der Waals surface area contributed by atoms with E-state index in [0.717, 1.165) is 51.4 Å². The van der Waals surface area contributed by atoms with Crippen LogP contribution < -0.4 is 0 Å². The van der Waals surface area contributed by atoms with Gasteiger partial charge in [0.25, 0.3) is 0 Å². The Labute approximate surface area is 174 Å². The highest BCUT2D eigenvalue weighted by atomic mass is 127. The summed E-state index contributed by atoms with van der Waals surface area (Å²) in [7, 11) is 0. The average molecular weight is 566 g/mol. The molecular weight excluding hydrogens is 534 g/mol. The van der Waals surface area contributed by atoms with Gasteiger partial charge in [0.2, 0.25) is 0 Å². The molecule has 0 aromatic carbocycles. The molecule has 0 aliphatic carbocycles. The highest BCUT2D eigenvalue weighted by Crippen LogP contribution is 2.12. The first kappa shape index (κ1) is 24.4. The van der Waals surface area contributed by atoms with Crippen molar-refractivity contribution in [2.24, 2.45) is 0 Å². The second kappa shape index (κ2) is 16.8. The summed E-state index contributed by atoms with van der Waals surface area (Å²) in [6.07, 6.45) is 9.37. The molecular formula is C18H32I2O4. The largest absolute Gasteiger partial charge is 0.466 e. The number of esters is 2. The molecule has 2 unspecified atom stereocenters. The van der Waals surface area contributed by atoms with Gasteiger partial charge < -0.3 is 9.47 Å². The Morgan fingerprint density at radius 1 is 0.708 bits per heavy atom. The molecule has 0 saturated carbocycles. The Balaban J connectivity index is 3.31. The van der Waals surface area contributed by atoms with Crippen LogP contribution in [0.2, 0.25) is 0 Å². The van der Waals surface area contributed by atoms with E-state index in [4.69, 9.17) is 9.47 Å².